The van der Waals surface area contributed by atoms with E-state index in [0.29, 0.717) is 78.4 Å². The van der Waals surface area contributed by atoms with Gasteiger partial charge in [-0.1, -0.05) is 29.8 Å². The van der Waals surface area contributed by atoms with Crippen LogP contribution in [-0.2, 0) is 40.9 Å². The monoisotopic (exact) mass is 935 g/mol. The standard InChI is InChI=1S/C49H48ClF2N7O8/c1-27-42(28(2)55(3)54-27)43-36(50)13-11-33-32(7-5-23-66-39-8-4-6-29-24-30(51)9-10-31(29)39)45(49(64)65)58(44(33)43)22-19-56-17-20-57(21-18-56)41(61)26-67-46-35-25-59(38-15-16-40(60)53-47(38)62)48(63)34(35)12-14-37(46)52/h4,6,8-14,24,38H,5,7,15-23,25-26H2,1-3H3,(H,64,65)(H,53,60,62). The Labute approximate surface area is 388 Å². The Balaban J connectivity index is 0.902. The lowest BCUT2D eigenvalue weighted by Crippen LogP contribution is -2.52. The summed E-state index contributed by atoms with van der Waals surface area (Å²) in [5.41, 5.74) is 5.01. The molecule has 0 bridgehead atoms. The number of benzene rings is 4. The van der Waals surface area contributed by atoms with Crippen LogP contribution < -0.4 is 14.8 Å². The Kier molecular flexibility index (Phi) is 12.5. The normalized spacial score (nSPS) is 16.6. The summed E-state index contributed by atoms with van der Waals surface area (Å²) in [5.74, 6) is -3.68. The molecule has 9 rings (SSSR count). The van der Waals surface area contributed by atoms with Crippen molar-refractivity contribution in [2.45, 2.75) is 58.7 Å². The van der Waals surface area contributed by atoms with E-state index in [-0.39, 0.29) is 66.8 Å². The number of nitrogens with one attached hydrogen (secondary N) is 1. The van der Waals surface area contributed by atoms with E-state index in [1.165, 1.54) is 23.1 Å². The Morgan fingerprint density at radius 1 is 0.940 bits per heavy atom. The highest BCUT2D eigenvalue weighted by atomic mass is 35.5. The molecule has 4 aromatic carbocycles. The van der Waals surface area contributed by atoms with Gasteiger partial charge in [-0.25, -0.2) is 13.6 Å². The second-order valence-electron chi connectivity index (χ2n) is 17.2. The van der Waals surface area contributed by atoms with Crippen LogP contribution in [0.4, 0.5) is 8.78 Å². The molecule has 0 aliphatic carbocycles. The fraction of sp³-hybridized carbons (Fsp3) is 0.347. The summed E-state index contributed by atoms with van der Waals surface area (Å²) >= 11 is 7.04. The number of halogens is 3. The minimum absolute atomic E-state index is 0.0714. The van der Waals surface area contributed by atoms with E-state index in [9.17, 15) is 33.5 Å². The van der Waals surface area contributed by atoms with Gasteiger partial charge in [0.05, 0.1) is 29.4 Å². The molecule has 2 fully saturated rings. The molecular weight excluding hydrogens is 888 g/mol. The molecule has 3 aliphatic heterocycles. The number of rotatable bonds is 14. The molecule has 2 saturated heterocycles. The van der Waals surface area contributed by atoms with Gasteiger partial charge in [0, 0.05) is 91.5 Å². The van der Waals surface area contributed by atoms with Crippen LogP contribution in [0.1, 0.15) is 62.6 Å². The van der Waals surface area contributed by atoms with Crippen molar-refractivity contribution in [3.63, 3.8) is 0 Å². The minimum Gasteiger partial charge on any atom is -0.493 e. The average Bonchev–Trinajstić information content (AvgIpc) is 3.89. The highest BCUT2D eigenvalue weighted by Gasteiger charge is 2.41. The summed E-state index contributed by atoms with van der Waals surface area (Å²) in [7, 11) is 1.85. The summed E-state index contributed by atoms with van der Waals surface area (Å²) in [6, 6.07) is 15.2. The lowest BCUT2D eigenvalue weighted by Gasteiger charge is -2.35. The first-order valence-corrected chi connectivity index (χ1v) is 22.5. The Hall–Kier alpha value is -6.85. The average molecular weight is 936 g/mol. The zero-order chi connectivity index (χ0) is 47.3. The molecule has 6 aromatic rings. The SMILES string of the molecule is Cc1nn(C)c(C)c1-c1c(Cl)ccc2c(CCCOc3cccc4cc(F)ccc34)c(C(=O)O)n(CCN3CCN(C(=O)COc4c(F)ccc5c4CN(C4CCC(=O)NC4=O)C5=O)CC3)c12. The smallest absolute Gasteiger partial charge is 0.352 e. The molecule has 348 valence electrons. The molecule has 18 heteroatoms. The molecule has 3 aliphatic rings. The molecule has 0 saturated carbocycles. The number of nitrogens with zero attached hydrogens (tertiary/aromatic N) is 6. The number of carbonyl (C=O) groups excluding carboxylic acids is 4. The van der Waals surface area contributed by atoms with Crippen LogP contribution >= 0.6 is 11.6 Å². The van der Waals surface area contributed by atoms with Gasteiger partial charge in [0.1, 0.15) is 23.3 Å². The Morgan fingerprint density at radius 3 is 2.45 bits per heavy atom. The number of hydrogen-bond acceptors (Lipinski definition) is 9. The first-order chi connectivity index (χ1) is 32.2. The van der Waals surface area contributed by atoms with Gasteiger partial charge < -0.3 is 28.9 Å². The van der Waals surface area contributed by atoms with Crippen molar-refractivity contribution in [3.05, 3.63) is 111 Å². The molecule has 4 amide bonds. The molecule has 5 heterocycles. The van der Waals surface area contributed by atoms with Gasteiger partial charge in [-0.3, -0.25) is 34.1 Å². The van der Waals surface area contributed by atoms with E-state index in [1.54, 1.807) is 27.8 Å². The molecule has 67 heavy (non-hydrogen) atoms. The van der Waals surface area contributed by atoms with Crippen LogP contribution in [0.3, 0.4) is 0 Å². The molecule has 0 radical (unpaired) electrons. The number of hydrogen-bond donors (Lipinski definition) is 2. The van der Waals surface area contributed by atoms with Crippen LogP contribution in [0.5, 0.6) is 11.5 Å². The number of aryl methyl sites for hydroxylation is 3. The number of aromatic nitrogens is 3. The van der Waals surface area contributed by atoms with Crippen LogP contribution in [0.2, 0.25) is 5.02 Å². The summed E-state index contributed by atoms with van der Waals surface area (Å²) in [6.45, 7) is 5.88. The molecular formula is C49H48ClF2N7O8. The highest BCUT2D eigenvalue weighted by Crippen LogP contribution is 2.42. The number of carbonyl (C=O) groups is 5. The van der Waals surface area contributed by atoms with E-state index < -0.39 is 42.2 Å². The van der Waals surface area contributed by atoms with Gasteiger partial charge in [0.15, 0.2) is 18.2 Å². The van der Waals surface area contributed by atoms with Crippen LogP contribution in [-0.4, -0.2) is 116 Å². The predicted octanol–water partition coefficient (Wildman–Crippen LogP) is 6.44. The number of fused-ring (bicyclic) bond motifs is 3. The second kappa shape index (κ2) is 18.4. The predicted molar refractivity (Wildman–Crippen MR) is 244 cm³/mol. The van der Waals surface area contributed by atoms with Crippen LogP contribution in [0, 0.1) is 25.5 Å². The molecule has 1 atom stereocenters. The fourth-order valence-electron chi connectivity index (χ4n) is 9.80. The van der Waals surface area contributed by atoms with Crippen molar-refractivity contribution in [2.24, 2.45) is 7.05 Å². The van der Waals surface area contributed by atoms with E-state index >= 15 is 4.39 Å². The Bertz CT molecular complexity index is 3010. The maximum atomic E-state index is 15.2. The van der Waals surface area contributed by atoms with Crippen molar-refractivity contribution in [3.8, 4) is 22.6 Å². The van der Waals surface area contributed by atoms with Gasteiger partial charge in [-0.15, -0.1) is 0 Å². The van der Waals surface area contributed by atoms with Crippen LogP contribution in [0.15, 0.2) is 60.7 Å². The lowest BCUT2D eigenvalue weighted by molar-refractivity contribution is -0.137. The summed E-state index contributed by atoms with van der Waals surface area (Å²) < 4.78 is 44.7. The summed E-state index contributed by atoms with van der Waals surface area (Å²) in [6.07, 6.45) is 1.08. The number of piperazine rings is 1. The largest absolute Gasteiger partial charge is 0.493 e. The number of ether oxygens (including phenoxy) is 2. The van der Waals surface area contributed by atoms with E-state index in [4.69, 9.17) is 21.1 Å². The van der Waals surface area contributed by atoms with Crippen molar-refractivity contribution in [1.82, 2.24) is 34.4 Å². The topological polar surface area (TPSA) is 169 Å². The number of imide groups is 1. The minimum atomic E-state index is -1.09. The van der Waals surface area contributed by atoms with Gasteiger partial charge >= 0.3 is 5.97 Å². The van der Waals surface area contributed by atoms with Gasteiger partial charge in [0.2, 0.25) is 11.8 Å². The summed E-state index contributed by atoms with van der Waals surface area (Å²) in [4.78, 5) is 69.5. The number of aromatic carboxylic acids is 1. The van der Waals surface area contributed by atoms with Gasteiger partial charge in [0.25, 0.3) is 11.8 Å². The van der Waals surface area contributed by atoms with Gasteiger partial charge in [-0.2, -0.15) is 5.10 Å². The number of carboxylic acids is 1. The number of amides is 4. The van der Waals surface area contributed by atoms with Crippen LogP contribution in [0.25, 0.3) is 32.8 Å². The lowest BCUT2D eigenvalue weighted by atomic mass is 9.98. The van der Waals surface area contributed by atoms with Crippen molar-refractivity contribution >= 4 is 62.9 Å². The number of carboxylic acid groups (broad SMARTS) is 1. The highest BCUT2D eigenvalue weighted by molar-refractivity contribution is 6.35. The zero-order valence-electron chi connectivity index (χ0n) is 37.2. The maximum Gasteiger partial charge on any atom is 0.352 e. The summed E-state index contributed by atoms with van der Waals surface area (Å²) in [5, 5.41) is 20.5. The van der Waals surface area contributed by atoms with Crippen molar-refractivity contribution in [2.75, 3.05) is 45.9 Å². The number of piperidine rings is 1. The third-order valence-electron chi connectivity index (χ3n) is 13.2. The molecule has 1 unspecified atom stereocenters. The molecule has 15 nitrogen and oxygen atoms in total. The fourth-order valence-corrected chi connectivity index (χ4v) is 10.0. The molecule has 2 aromatic heterocycles. The second-order valence-corrected chi connectivity index (χ2v) is 17.6. The van der Waals surface area contributed by atoms with E-state index in [0.717, 1.165) is 33.8 Å². The first kappa shape index (κ1) is 45.3. The van der Waals surface area contributed by atoms with E-state index in [2.05, 4.69) is 15.3 Å². The van der Waals surface area contributed by atoms with Crippen molar-refractivity contribution < 1.29 is 47.3 Å². The maximum absolute atomic E-state index is 15.2. The van der Waals surface area contributed by atoms with Crippen molar-refractivity contribution in [1.29, 1.82) is 0 Å². The quantitative estimate of drug-likeness (QED) is 0.0917. The Morgan fingerprint density at radius 2 is 1.72 bits per heavy atom. The zero-order valence-corrected chi connectivity index (χ0v) is 37.9. The molecule has 2 N–H and O–H groups in total. The van der Waals surface area contributed by atoms with E-state index in [1.807, 2.05) is 43.7 Å². The molecule has 0 spiro atoms. The third kappa shape index (κ3) is 8.57. The van der Waals surface area contributed by atoms with Gasteiger partial charge in [-0.05, 0) is 86.5 Å². The first-order valence-electron chi connectivity index (χ1n) is 22.2. The third-order valence-corrected chi connectivity index (χ3v) is 13.5.